The standard InChI is InChI=1S/C12H17N3S/c1-2-3-11(6-13)15-9-14-7-12(15)10-4-5-16-8-10/h4-5,7-9,11H,2-3,6,13H2,1H3. The number of thiophene rings is 1. The zero-order chi connectivity index (χ0) is 11.4. The summed E-state index contributed by atoms with van der Waals surface area (Å²) in [6.45, 7) is 2.85. The van der Waals surface area contributed by atoms with Crippen LogP contribution in [0, 0.1) is 0 Å². The van der Waals surface area contributed by atoms with Crippen molar-refractivity contribution >= 4 is 11.3 Å². The number of aromatic nitrogens is 2. The molecule has 0 spiro atoms. The smallest absolute Gasteiger partial charge is 0.0954 e. The van der Waals surface area contributed by atoms with Crippen LogP contribution in [-0.2, 0) is 0 Å². The van der Waals surface area contributed by atoms with Crippen molar-refractivity contribution in [2.24, 2.45) is 5.73 Å². The molecule has 0 amide bonds. The molecule has 0 aliphatic heterocycles. The van der Waals surface area contributed by atoms with Gasteiger partial charge in [-0.25, -0.2) is 4.98 Å². The minimum Gasteiger partial charge on any atom is -0.328 e. The number of hydrogen-bond acceptors (Lipinski definition) is 3. The molecule has 2 heterocycles. The fraction of sp³-hybridized carbons (Fsp3) is 0.417. The van der Waals surface area contributed by atoms with E-state index in [4.69, 9.17) is 5.73 Å². The molecule has 1 unspecified atom stereocenters. The molecule has 3 nitrogen and oxygen atoms in total. The molecule has 0 bridgehead atoms. The number of imidazole rings is 1. The highest BCUT2D eigenvalue weighted by molar-refractivity contribution is 7.08. The van der Waals surface area contributed by atoms with E-state index in [9.17, 15) is 0 Å². The van der Waals surface area contributed by atoms with Gasteiger partial charge in [-0.1, -0.05) is 13.3 Å². The Hall–Kier alpha value is -1.13. The molecule has 2 rings (SSSR count). The lowest BCUT2D eigenvalue weighted by molar-refractivity contribution is 0.473. The average Bonchev–Trinajstić information content (AvgIpc) is 2.94. The molecule has 0 aliphatic carbocycles. The quantitative estimate of drug-likeness (QED) is 0.866. The van der Waals surface area contributed by atoms with Gasteiger partial charge in [-0.3, -0.25) is 0 Å². The minimum absolute atomic E-state index is 0.363. The summed E-state index contributed by atoms with van der Waals surface area (Å²) < 4.78 is 2.20. The first-order valence-corrected chi connectivity index (χ1v) is 6.55. The second-order valence-electron chi connectivity index (χ2n) is 3.88. The summed E-state index contributed by atoms with van der Waals surface area (Å²) in [6.07, 6.45) is 6.05. The zero-order valence-electron chi connectivity index (χ0n) is 9.47. The summed E-state index contributed by atoms with van der Waals surface area (Å²) >= 11 is 1.71. The van der Waals surface area contributed by atoms with Gasteiger partial charge in [-0.05, 0) is 17.9 Å². The second kappa shape index (κ2) is 5.27. The molecule has 16 heavy (non-hydrogen) atoms. The molecule has 4 heteroatoms. The molecule has 0 aliphatic rings. The Labute approximate surface area is 99.9 Å². The number of hydrogen-bond donors (Lipinski definition) is 1. The number of nitrogens with zero attached hydrogens (tertiary/aromatic N) is 2. The fourth-order valence-corrected chi connectivity index (χ4v) is 2.58. The van der Waals surface area contributed by atoms with Crippen molar-refractivity contribution in [2.75, 3.05) is 6.54 Å². The third kappa shape index (κ3) is 2.18. The van der Waals surface area contributed by atoms with Crippen LogP contribution in [0.25, 0.3) is 11.3 Å². The van der Waals surface area contributed by atoms with Gasteiger partial charge in [0.25, 0.3) is 0 Å². The largest absolute Gasteiger partial charge is 0.328 e. The number of nitrogens with two attached hydrogens (primary N) is 1. The SMILES string of the molecule is CCCC(CN)n1cncc1-c1ccsc1. The van der Waals surface area contributed by atoms with Crippen LogP contribution in [-0.4, -0.2) is 16.1 Å². The average molecular weight is 235 g/mol. The first-order valence-electron chi connectivity index (χ1n) is 5.61. The highest BCUT2D eigenvalue weighted by Gasteiger charge is 2.13. The Balaban J connectivity index is 2.31. The molecule has 2 N–H and O–H groups in total. The summed E-state index contributed by atoms with van der Waals surface area (Å²) in [5.74, 6) is 0. The van der Waals surface area contributed by atoms with Gasteiger partial charge in [-0.15, -0.1) is 0 Å². The Morgan fingerprint density at radius 1 is 1.56 bits per heavy atom. The van der Waals surface area contributed by atoms with Gasteiger partial charge < -0.3 is 10.3 Å². The predicted molar refractivity (Wildman–Crippen MR) is 68.5 cm³/mol. The van der Waals surface area contributed by atoms with E-state index < -0.39 is 0 Å². The van der Waals surface area contributed by atoms with Gasteiger partial charge >= 0.3 is 0 Å². The van der Waals surface area contributed by atoms with E-state index in [0.29, 0.717) is 12.6 Å². The predicted octanol–water partition coefficient (Wildman–Crippen LogP) is 2.91. The lowest BCUT2D eigenvalue weighted by atomic mass is 10.1. The first-order chi connectivity index (χ1) is 7.86. The molecule has 1 atom stereocenters. The van der Waals surface area contributed by atoms with E-state index in [1.807, 2.05) is 12.5 Å². The van der Waals surface area contributed by atoms with Crippen LogP contribution in [0.5, 0.6) is 0 Å². The second-order valence-corrected chi connectivity index (χ2v) is 4.66. The molecule has 0 saturated carbocycles. The van der Waals surface area contributed by atoms with E-state index in [0.717, 1.165) is 12.8 Å². The highest BCUT2D eigenvalue weighted by atomic mass is 32.1. The van der Waals surface area contributed by atoms with Gasteiger partial charge in [0, 0.05) is 23.5 Å². The minimum atomic E-state index is 0.363. The topological polar surface area (TPSA) is 43.8 Å². The van der Waals surface area contributed by atoms with Crippen molar-refractivity contribution in [3.63, 3.8) is 0 Å². The summed E-state index contributed by atoms with van der Waals surface area (Å²) in [5, 5.41) is 4.23. The maximum atomic E-state index is 5.83. The molecule has 0 aromatic carbocycles. The Morgan fingerprint density at radius 2 is 2.44 bits per heavy atom. The van der Waals surface area contributed by atoms with Crippen molar-refractivity contribution < 1.29 is 0 Å². The molecular weight excluding hydrogens is 218 g/mol. The van der Waals surface area contributed by atoms with Crippen LogP contribution < -0.4 is 5.73 Å². The van der Waals surface area contributed by atoms with Crippen LogP contribution >= 0.6 is 11.3 Å². The van der Waals surface area contributed by atoms with Crippen LogP contribution in [0.2, 0.25) is 0 Å². The maximum Gasteiger partial charge on any atom is 0.0954 e. The van der Waals surface area contributed by atoms with Crippen molar-refractivity contribution in [3.8, 4) is 11.3 Å². The van der Waals surface area contributed by atoms with Gasteiger partial charge in [0.15, 0.2) is 0 Å². The van der Waals surface area contributed by atoms with Crippen LogP contribution in [0.3, 0.4) is 0 Å². The third-order valence-electron chi connectivity index (χ3n) is 2.77. The molecular formula is C12H17N3S. The Kier molecular flexibility index (Phi) is 3.74. The van der Waals surface area contributed by atoms with Crippen LogP contribution in [0.4, 0.5) is 0 Å². The third-order valence-corrected chi connectivity index (χ3v) is 3.45. The lowest BCUT2D eigenvalue weighted by Crippen LogP contribution is -2.19. The van der Waals surface area contributed by atoms with E-state index >= 15 is 0 Å². The Morgan fingerprint density at radius 3 is 3.06 bits per heavy atom. The monoisotopic (exact) mass is 235 g/mol. The van der Waals surface area contributed by atoms with Gasteiger partial charge in [0.05, 0.1) is 18.2 Å². The molecule has 0 saturated heterocycles. The van der Waals surface area contributed by atoms with E-state index in [1.165, 1.54) is 11.3 Å². The Bertz CT molecular complexity index is 419. The van der Waals surface area contributed by atoms with Crippen molar-refractivity contribution in [1.29, 1.82) is 0 Å². The molecule has 0 radical (unpaired) electrons. The van der Waals surface area contributed by atoms with E-state index in [2.05, 4.69) is 33.3 Å². The normalized spacial score (nSPS) is 12.9. The van der Waals surface area contributed by atoms with Crippen molar-refractivity contribution in [3.05, 3.63) is 29.4 Å². The first kappa shape index (κ1) is 11.4. The van der Waals surface area contributed by atoms with Gasteiger partial charge in [0.1, 0.15) is 0 Å². The molecule has 0 fully saturated rings. The fourth-order valence-electron chi connectivity index (χ4n) is 1.93. The summed E-state index contributed by atoms with van der Waals surface area (Å²) in [6, 6.07) is 2.49. The van der Waals surface area contributed by atoms with E-state index in [-0.39, 0.29) is 0 Å². The van der Waals surface area contributed by atoms with Gasteiger partial charge in [0.2, 0.25) is 0 Å². The van der Waals surface area contributed by atoms with Crippen LogP contribution in [0.15, 0.2) is 29.4 Å². The lowest BCUT2D eigenvalue weighted by Gasteiger charge is -2.18. The highest BCUT2D eigenvalue weighted by Crippen LogP contribution is 2.25. The maximum absolute atomic E-state index is 5.83. The molecule has 2 aromatic heterocycles. The summed E-state index contributed by atoms with van der Waals surface area (Å²) in [4.78, 5) is 4.24. The molecule has 86 valence electrons. The van der Waals surface area contributed by atoms with E-state index in [1.54, 1.807) is 11.3 Å². The van der Waals surface area contributed by atoms with Crippen molar-refractivity contribution in [1.82, 2.24) is 9.55 Å². The van der Waals surface area contributed by atoms with Crippen molar-refractivity contribution in [2.45, 2.75) is 25.8 Å². The zero-order valence-corrected chi connectivity index (χ0v) is 10.3. The summed E-state index contributed by atoms with van der Waals surface area (Å²) in [5.41, 5.74) is 8.23. The van der Waals surface area contributed by atoms with Gasteiger partial charge in [-0.2, -0.15) is 11.3 Å². The number of rotatable bonds is 5. The summed E-state index contributed by atoms with van der Waals surface area (Å²) in [7, 11) is 0. The van der Waals surface area contributed by atoms with Crippen LogP contribution in [0.1, 0.15) is 25.8 Å². The molecule has 2 aromatic rings.